The summed E-state index contributed by atoms with van der Waals surface area (Å²) in [4.78, 5) is 0. The topological polar surface area (TPSA) is 21.3 Å². The number of nitrogens with one attached hydrogen (secondary N) is 1. The molecule has 0 amide bonds. The van der Waals surface area contributed by atoms with Crippen LogP contribution in [0.2, 0.25) is 0 Å². The SMILES string of the molecule is CCCNC(COc1cccc(C)c1C)C1CCCC1. The molecule has 0 radical (unpaired) electrons. The predicted octanol–water partition coefficient (Wildman–Crippen LogP) is 4.24. The van der Waals surface area contributed by atoms with Crippen LogP contribution in [0.1, 0.15) is 50.2 Å². The minimum absolute atomic E-state index is 0.511. The van der Waals surface area contributed by atoms with Crippen LogP contribution >= 0.6 is 0 Å². The highest BCUT2D eigenvalue weighted by molar-refractivity contribution is 5.38. The number of hydrogen-bond donors (Lipinski definition) is 1. The fourth-order valence-electron chi connectivity index (χ4n) is 3.11. The Morgan fingerprint density at radius 1 is 1.25 bits per heavy atom. The van der Waals surface area contributed by atoms with E-state index < -0.39 is 0 Å². The maximum Gasteiger partial charge on any atom is 0.122 e. The van der Waals surface area contributed by atoms with Crippen LogP contribution in [0, 0.1) is 19.8 Å². The van der Waals surface area contributed by atoms with Crippen molar-refractivity contribution in [3.63, 3.8) is 0 Å². The van der Waals surface area contributed by atoms with Crippen molar-refractivity contribution in [1.82, 2.24) is 5.32 Å². The zero-order chi connectivity index (χ0) is 14.4. The molecule has 112 valence electrons. The van der Waals surface area contributed by atoms with Gasteiger partial charge in [-0.05, 0) is 62.8 Å². The first kappa shape index (κ1) is 15.4. The van der Waals surface area contributed by atoms with Gasteiger partial charge in [0.25, 0.3) is 0 Å². The molecule has 1 aromatic carbocycles. The molecule has 1 aromatic rings. The van der Waals surface area contributed by atoms with Crippen molar-refractivity contribution in [3.8, 4) is 5.75 Å². The van der Waals surface area contributed by atoms with E-state index in [0.29, 0.717) is 6.04 Å². The summed E-state index contributed by atoms with van der Waals surface area (Å²) >= 11 is 0. The minimum atomic E-state index is 0.511. The lowest BCUT2D eigenvalue weighted by Gasteiger charge is -2.25. The fourth-order valence-corrected chi connectivity index (χ4v) is 3.11. The van der Waals surface area contributed by atoms with Crippen LogP contribution in [0.3, 0.4) is 0 Å². The van der Waals surface area contributed by atoms with Gasteiger partial charge in [-0.1, -0.05) is 31.9 Å². The summed E-state index contributed by atoms with van der Waals surface area (Å²) in [5, 5.41) is 3.69. The van der Waals surface area contributed by atoms with Crippen LogP contribution < -0.4 is 10.1 Å². The molecular formula is C18H29NO. The molecule has 0 spiro atoms. The first-order chi connectivity index (χ1) is 9.72. The predicted molar refractivity (Wildman–Crippen MR) is 85.5 cm³/mol. The summed E-state index contributed by atoms with van der Waals surface area (Å²) in [6, 6.07) is 6.83. The van der Waals surface area contributed by atoms with Crippen LogP contribution in [0.25, 0.3) is 0 Å². The Morgan fingerprint density at radius 3 is 2.70 bits per heavy atom. The van der Waals surface area contributed by atoms with Gasteiger partial charge in [-0.3, -0.25) is 0 Å². The molecule has 1 unspecified atom stereocenters. The highest BCUT2D eigenvalue weighted by atomic mass is 16.5. The third-order valence-electron chi connectivity index (χ3n) is 4.60. The van der Waals surface area contributed by atoms with Crippen LogP contribution in [-0.4, -0.2) is 19.2 Å². The Kier molecular flexibility index (Phi) is 5.90. The third kappa shape index (κ3) is 3.99. The Balaban J connectivity index is 1.95. The molecule has 0 aliphatic heterocycles. The molecule has 0 aromatic heterocycles. The molecule has 1 fully saturated rings. The van der Waals surface area contributed by atoms with E-state index in [1.807, 2.05) is 0 Å². The van der Waals surface area contributed by atoms with Crippen molar-refractivity contribution in [2.45, 2.75) is 58.9 Å². The second kappa shape index (κ2) is 7.68. The molecule has 0 heterocycles. The van der Waals surface area contributed by atoms with Crippen molar-refractivity contribution >= 4 is 0 Å². The van der Waals surface area contributed by atoms with Gasteiger partial charge in [-0.15, -0.1) is 0 Å². The summed E-state index contributed by atoms with van der Waals surface area (Å²) < 4.78 is 6.13. The molecule has 1 atom stereocenters. The summed E-state index contributed by atoms with van der Waals surface area (Å²) in [5.74, 6) is 1.85. The summed E-state index contributed by atoms with van der Waals surface area (Å²) in [5.41, 5.74) is 2.58. The number of ether oxygens (including phenoxy) is 1. The molecule has 1 N–H and O–H groups in total. The standard InChI is InChI=1S/C18H29NO/c1-4-12-19-17(16-9-5-6-10-16)13-20-18-11-7-8-14(2)15(18)3/h7-8,11,16-17,19H,4-6,9-10,12-13H2,1-3H3. The molecule has 1 aliphatic rings. The lowest BCUT2D eigenvalue weighted by molar-refractivity contribution is 0.216. The average Bonchev–Trinajstić information content (AvgIpc) is 2.97. The maximum absolute atomic E-state index is 6.13. The third-order valence-corrected chi connectivity index (χ3v) is 4.60. The molecule has 0 saturated heterocycles. The van der Waals surface area contributed by atoms with Crippen LogP contribution in [0.15, 0.2) is 18.2 Å². The molecule has 2 nitrogen and oxygen atoms in total. The highest BCUT2D eigenvalue weighted by Crippen LogP contribution is 2.29. The minimum Gasteiger partial charge on any atom is -0.492 e. The van der Waals surface area contributed by atoms with E-state index in [0.717, 1.165) is 24.8 Å². The molecule has 2 rings (SSSR count). The van der Waals surface area contributed by atoms with E-state index in [4.69, 9.17) is 4.74 Å². The summed E-state index contributed by atoms with van der Waals surface area (Å²) in [6.07, 6.45) is 6.68. The van der Waals surface area contributed by atoms with E-state index in [1.54, 1.807) is 0 Å². The van der Waals surface area contributed by atoms with E-state index in [1.165, 1.54) is 43.2 Å². The largest absolute Gasteiger partial charge is 0.492 e. The lowest BCUT2D eigenvalue weighted by Crippen LogP contribution is -2.40. The molecule has 0 bridgehead atoms. The van der Waals surface area contributed by atoms with Crippen molar-refractivity contribution < 1.29 is 4.74 Å². The van der Waals surface area contributed by atoms with E-state index >= 15 is 0 Å². The van der Waals surface area contributed by atoms with Gasteiger partial charge >= 0.3 is 0 Å². The molecule has 1 aliphatic carbocycles. The van der Waals surface area contributed by atoms with Gasteiger partial charge in [-0.25, -0.2) is 0 Å². The Labute approximate surface area is 123 Å². The van der Waals surface area contributed by atoms with Gasteiger partial charge < -0.3 is 10.1 Å². The van der Waals surface area contributed by atoms with Gasteiger partial charge in [0.1, 0.15) is 12.4 Å². The van der Waals surface area contributed by atoms with Crippen molar-refractivity contribution in [3.05, 3.63) is 29.3 Å². The van der Waals surface area contributed by atoms with Crippen molar-refractivity contribution in [1.29, 1.82) is 0 Å². The zero-order valence-corrected chi connectivity index (χ0v) is 13.2. The van der Waals surface area contributed by atoms with Crippen LogP contribution in [0.5, 0.6) is 5.75 Å². The second-order valence-electron chi connectivity index (χ2n) is 6.11. The maximum atomic E-state index is 6.13. The first-order valence-corrected chi connectivity index (χ1v) is 8.14. The number of benzene rings is 1. The first-order valence-electron chi connectivity index (χ1n) is 8.14. The lowest BCUT2D eigenvalue weighted by atomic mass is 9.98. The Morgan fingerprint density at radius 2 is 2.00 bits per heavy atom. The molecule has 1 saturated carbocycles. The normalized spacial score (nSPS) is 17.4. The fraction of sp³-hybridized carbons (Fsp3) is 0.667. The summed E-state index contributed by atoms with van der Waals surface area (Å²) in [6.45, 7) is 8.41. The van der Waals surface area contributed by atoms with Crippen LogP contribution in [0.4, 0.5) is 0 Å². The van der Waals surface area contributed by atoms with Gasteiger partial charge in [0, 0.05) is 6.04 Å². The number of aryl methyl sites for hydroxylation is 1. The number of hydrogen-bond acceptors (Lipinski definition) is 2. The summed E-state index contributed by atoms with van der Waals surface area (Å²) in [7, 11) is 0. The zero-order valence-electron chi connectivity index (χ0n) is 13.2. The quantitative estimate of drug-likeness (QED) is 0.803. The van der Waals surface area contributed by atoms with Gasteiger partial charge in [0.05, 0.1) is 0 Å². The van der Waals surface area contributed by atoms with Crippen molar-refractivity contribution in [2.24, 2.45) is 5.92 Å². The van der Waals surface area contributed by atoms with Gasteiger partial charge in [0.15, 0.2) is 0 Å². The van der Waals surface area contributed by atoms with E-state index in [9.17, 15) is 0 Å². The smallest absolute Gasteiger partial charge is 0.122 e. The van der Waals surface area contributed by atoms with Crippen LogP contribution in [-0.2, 0) is 0 Å². The van der Waals surface area contributed by atoms with E-state index in [2.05, 4.69) is 44.3 Å². The Hall–Kier alpha value is -1.02. The monoisotopic (exact) mass is 275 g/mol. The molecule has 20 heavy (non-hydrogen) atoms. The molecule has 2 heteroatoms. The van der Waals surface area contributed by atoms with Gasteiger partial charge in [-0.2, -0.15) is 0 Å². The molecular weight excluding hydrogens is 246 g/mol. The van der Waals surface area contributed by atoms with Gasteiger partial charge in [0.2, 0.25) is 0 Å². The average molecular weight is 275 g/mol. The second-order valence-corrected chi connectivity index (χ2v) is 6.11. The van der Waals surface area contributed by atoms with E-state index in [-0.39, 0.29) is 0 Å². The number of rotatable bonds is 7. The Bertz CT molecular complexity index is 410. The highest BCUT2D eigenvalue weighted by Gasteiger charge is 2.25. The van der Waals surface area contributed by atoms with Crippen molar-refractivity contribution in [2.75, 3.05) is 13.2 Å².